The lowest BCUT2D eigenvalue weighted by Gasteiger charge is -2.08. The molecule has 0 saturated carbocycles. The number of amides is 1. The molecule has 0 aliphatic carbocycles. The molecule has 3 rings (SSSR count). The maximum Gasteiger partial charge on any atom is 0.573 e. The van der Waals surface area contributed by atoms with Gasteiger partial charge in [0, 0.05) is 5.69 Å². The highest BCUT2D eigenvalue weighted by Crippen LogP contribution is 2.22. The third-order valence-electron chi connectivity index (χ3n) is 3.29. The number of carboxylic acid groups (broad SMARTS) is 1. The van der Waals surface area contributed by atoms with Crippen molar-refractivity contribution in [3.8, 4) is 11.6 Å². The summed E-state index contributed by atoms with van der Waals surface area (Å²) in [6.07, 6.45) is -0.283. The van der Waals surface area contributed by atoms with Crippen LogP contribution >= 0.6 is 0 Å². The summed E-state index contributed by atoms with van der Waals surface area (Å²) in [6.45, 7) is 0. The first kappa shape index (κ1) is 18.9. The Kier molecular flexibility index (Phi) is 5.25. The molecule has 0 saturated heterocycles. The highest BCUT2D eigenvalue weighted by molar-refractivity contribution is 5.83. The number of alkyl halides is 3. The minimum atomic E-state index is -4.78. The summed E-state index contributed by atoms with van der Waals surface area (Å²) in [4.78, 5) is 18.5. The fraction of sp³-hybridized carbons (Fsp3) is 0.0588. The van der Waals surface area contributed by atoms with Gasteiger partial charge in [-0.15, -0.1) is 18.3 Å². The van der Waals surface area contributed by atoms with Gasteiger partial charge < -0.3 is 9.84 Å². The number of anilines is 1. The molecule has 0 radical (unpaired) electrons. The van der Waals surface area contributed by atoms with Crippen molar-refractivity contribution in [2.75, 3.05) is 5.32 Å². The number of nitrogens with one attached hydrogen (secondary N) is 1. The fourth-order valence-electron chi connectivity index (χ4n) is 2.14. The Balaban J connectivity index is 1.66. The van der Waals surface area contributed by atoms with Crippen LogP contribution in [0.2, 0.25) is 0 Å². The molecule has 28 heavy (non-hydrogen) atoms. The van der Waals surface area contributed by atoms with Crippen molar-refractivity contribution in [3.05, 3.63) is 60.3 Å². The van der Waals surface area contributed by atoms with Crippen LogP contribution in [0.15, 0.2) is 48.9 Å². The van der Waals surface area contributed by atoms with Crippen LogP contribution in [0.4, 0.5) is 23.7 Å². The summed E-state index contributed by atoms with van der Waals surface area (Å²) in [5.41, 5.74) is 1.23. The maximum atomic E-state index is 12.2. The van der Waals surface area contributed by atoms with Gasteiger partial charge in [-0.3, -0.25) is 5.32 Å². The number of aromatic nitrogens is 4. The number of nitrogens with zero attached hydrogens (tertiary/aromatic N) is 4. The summed E-state index contributed by atoms with van der Waals surface area (Å²) in [7, 11) is 0. The van der Waals surface area contributed by atoms with E-state index in [1.807, 2.05) is 0 Å². The Hall–Kier alpha value is -3.89. The van der Waals surface area contributed by atoms with E-state index < -0.39 is 18.2 Å². The average molecular weight is 391 g/mol. The number of ether oxygens (including phenoxy) is 1. The Morgan fingerprint density at radius 2 is 1.86 bits per heavy atom. The molecule has 2 aromatic heterocycles. The Morgan fingerprint density at radius 3 is 2.46 bits per heavy atom. The lowest BCUT2D eigenvalue weighted by molar-refractivity contribution is -0.274. The SMILES string of the molecule is O=C(O)Nc1ccc(/C=C/c2ncn(-c3ccc(OC(F)(F)F)cn3)n2)cc1. The van der Waals surface area contributed by atoms with Crippen LogP contribution in [0.1, 0.15) is 11.4 Å². The van der Waals surface area contributed by atoms with E-state index in [1.165, 1.54) is 17.1 Å². The fourth-order valence-corrected chi connectivity index (χ4v) is 2.14. The number of carbonyl (C=O) groups is 1. The van der Waals surface area contributed by atoms with Crippen molar-refractivity contribution in [3.63, 3.8) is 0 Å². The third kappa shape index (κ3) is 5.30. The van der Waals surface area contributed by atoms with Gasteiger partial charge in [0.05, 0.1) is 6.20 Å². The summed E-state index contributed by atoms with van der Waals surface area (Å²) in [6, 6.07) is 9.07. The average Bonchev–Trinajstić information content (AvgIpc) is 3.09. The third-order valence-corrected chi connectivity index (χ3v) is 3.29. The van der Waals surface area contributed by atoms with Gasteiger partial charge in [-0.05, 0) is 35.9 Å². The molecule has 2 N–H and O–H groups in total. The monoisotopic (exact) mass is 391 g/mol. The van der Waals surface area contributed by atoms with Crippen LogP contribution in [0.3, 0.4) is 0 Å². The van der Waals surface area contributed by atoms with Crippen molar-refractivity contribution in [2.24, 2.45) is 0 Å². The molecule has 0 bridgehead atoms. The minimum absolute atomic E-state index is 0.269. The Morgan fingerprint density at radius 1 is 1.11 bits per heavy atom. The number of pyridine rings is 1. The van der Waals surface area contributed by atoms with Crippen molar-refractivity contribution >= 4 is 23.9 Å². The number of hydrogen-bond donors (Lipinski definition) is 2. The van der Waals surface area contributed by atoms with Crippen LogP contribution in [0.5, 0.6) is 5.75 Å². The van der Waals surface area contributed by atoms with Gasteiger partial charge in [0.2, 0.25) is 0 Å². The first-order valence-electron chi connectivity index (χ1n) is 7.70. The minimum Gasteiger partial charge on any atom is -0.465 e. The first-order valence-corrected chi connectivity index (χ1v) is 7.70. The second-order valence-electron chi connectivity index (χ2n) is 5.33. The zero-order chi connectivity index (χ0) is 20.1. The molecular formula is C17H12F3N5O3. The van der Waals surface area contributed by atoms with Crippen LogP contribution in [0, 0.1) is 0 Å². The molecule has 11 heteroatoms. The molecule has 0 aliphatic heterocycles. The quantitative estimate of drug-likeness (QED) is 0.686. The molecule has 0 atom stereocenters. The maximum absolute atomic E-state index is 12.2. The lowest BCUT2D eigenvalue weighted by Crippen LogP contribution is -2.17. The number of rotatable bonds is 5. The number of hydrogen-bond acceptors (Lipinski definition) is 5. The summed E-state index contributed by atoms with van der Waals surface area (Å²) < 4.78 is 41.5. The predicted molar refractivity (Wildman–Crippen MR) is 92.9 cm³/mol. The van der Waals surface area contributed by atoms with E-state index in [9.17, 15) is 18.0 Å². The van der Waals surface area contributed by atoms with Gasteiger partial charge in [0.15, 0.2) is 11.6 Å². The van der Waals surface area contributed by atoms with E-state index >= 15 is 0 Å². The van der Waals surface area contributed by atoms with E-state index in [4.69, 9.17) is 5.11 Å². The molecule has 0 fully saturated rings. The Labute approximate surface area is 155 Å². The Bertz CT molecular complexity index is 983. The topological polar surface area (TPSA) is 102 Å². The molecule has 0 unspecified atom stereocenters. The molecular weight excluding hydrogens is 379 g/mol. The van der Waals surface area contributed by atoms with Crippen LogP contribution < -0.4 is 10.1 Å². The normalized spacial score (nSPS) is 11.5. The van der Waals surface area contributed by atoms with E-state index in [0.717, 1.165) is 17.8 Å². The molecule has 1 aromatic carbocycles. The second-order valence-corrected chi connectivity index (χ2v) is 5.33. The van der Waals surface area contributed by atoms with E-state index in [0.29, 0.717) is 11.5 Å². The van der Waals surface area contributed by atoms with Crippen LogP contribution in [-0.4, -0.2) is 37.3 Å². The smallest absolute Gasteiger partial charge is 0.465 e. The highest BCUT2D eigenvalue weighted by Gasteiger charge is 2.31. The molecule has 144 valence electrons. The first-order chi connectivity index (χ1) is 13.3. The molecule has 0 spiro atoms. The van der Waals surface area contributed by atoms with Crippen molar-refractivity contribution in [2.45, 2.75) is 6.36 Å². The van der Waals surface area contributed by atoms with Crippen molar-refractivity contribution < 1.29 is 27.8 Å². The van der Waals surface area contributed by atoms with Gasteiger partial charge in [-0.2, -0.15) is 0 Å². The van der Waals surface area contributed by atoms with Crippen LogP contribution in [-0.2, 0) is 0 Å². The second kappa shape index (κ2) is 7.78. The molecule has 1 amide bonds. The van der Waals surface area contributed by atoms with E-state index in [2.05, 4.69) is 25.1 Å². The number of benzene rings is 1. The summed E-state index contributed by atoms with van der Waals surface area (Å²) in [5.74, 6) is 0.188. The largest absolute Gasteiger partial charge is 0.573 e. The van der Waals surface area contributed by atoms with Gasteiger partial charge >= 0.3 is 12.5 Å². The summed E-state index contributed by atoms with van der Waals surface area (Å²) in [5, 5.41) is 15.0. The molecule has 3 aromatic rings. The summed E-state index contributed by atoms with van der Waals surface area (Å²) >= 11 is 0. The lowest BCUT2D eigenvalue weighted by atomic mass is 10.2. The van der Waals surface area contributed by atoms with Gasteiger partial charge in [0.1, 0.15) is 12.1 Å². The van der Waals surface area contributed by atoms with Gasteiger partial charge in [-0.25, -0.2) is 19.4 Å². The zero-order valence-electron chi connectivity index (χ0n) is 14.0. The van der Waals surface area contributed by atoms with Crippen LogP contribution in [0.25, 0.3) is 18.0 Å². The molecule has 2 heterocycles. The van der Waals surface area contributed by atoms with Crippen molar-refractivity contribution in [1.82, 2.24) is 19.7 Å². The van der Waals surface area contributed by atoms with Crippen molar-refractivity contribution in [1.29, 1.82) is 0 Å². The standard InChI is InChI=1S/C17H12F3N5O3/c18-17(19,20)28-13-6-8-15(21-9-13)25-10-22-14(24-25)7-3-11-1-4-12(5-2-11)23-16(26)27/h1-10,23H,(H,26,27)/b7-3+. The van der Waals surface area contributed by atoms with E-state index in [1.54, 1.807) is 36.4 Å². The zero-order valence-corrected chi connectivity index (χ0v) is 14.0. The highest BCUT2D eigenvalue weighted by atomic mass is 19.4. The van der Waals surface area contributed by atoms with Gasteiger partial charge in [-0.1, -0.05) is 18.2 Å². The molecule has 0 aliphatic rings. The predicted octanol–water partition coefficient (Wildman–Crippen LogP) is 3.82. The number of halogens is 3. The van der Waals surface area contributed by atoms with Gasteiger partial charge in [0.25, 0.3) is 0 Å². The van der Waals surface area contributed by atoms with E-state index in [-0.39, 0.29) is 5.82 Å². The molecule has 8 nitrogen and oxygen atoms in total.